The standard InChI is InChI=1S/C13H24N2O2/c1-4-11-8-17-10(3)7-15(11)13(16)12-6-14-5-9(12)2/h9-12,14H,4-8H2,1-3H3. The van der Waals surface area contributed by atoms with Crippen LogP contribution in [0.1, 0.15) is 27.2 Å². The maximum atomic E-state index is 12.6. The Kier molecular flexibility index (Phi) is 4.05. The molecule has 2 heterocycles. The van der Waals surface area contributed by atoms with E-state index in [-0.39, 0.29) is 18.1 Å². The second-order valence-corrected chi connectivity index (χ2v) is 5.44. The van der Waals surface area contributed by atoms with Gasteiger partial charge in [-0.25, -0.2) is 0 Å². The average molecular weight is 240 g/mol. The Morgan fingerprint density at radius 1 is 1.41 bits per heavy atom. The van der Waals surface area contributed by atoms with E-state index in [0.717, 1.165) is 26.1 Å². The zero-order chi connectivity index (χ0) is 12.4. The Labute approximate surface area is 104 Å². The van der Waals surface area contributed by atoms with E-state index in [1.165, 1.54) is 0 Å². The molecule has 1 amide bonds. The fraction of sp³-hybridized carbons (Fsp3) is 0.923. The summed E-state index contributed by atoms with van der Waals surface area (Å²) in [6.07, 6.45) is 1.15. The highest BCUT2D eigenvalue weighted by Crippen LogP contribution is 2.23. The maximum absolute atomic E-state index is 12.6. The summed E-state index contributed by atoms with van der Waals surface area (Å²) >= 11 is 0. The van der Waals surface area contributed by atoms with Crippen molar-refractivity contribution in [1.82, 2.24) is 10.2 Å². The van der Waals surface area contributed by atoms with Gasteiger partial charge in [-0.15, -0.1) is 0 Å². The Balaban J connectivity index is 2.05. The summed E-state index contributed by atoms with van der Waals surface area (Å²) < 4.78 is 5.64. The molecule has 0 aromatic carbocycles. The zero-order valence-electron chi connectivity index (χ0n) is 11.1. The Bertz CT molecular complexity index is 283. The van der Waals surface area contributed by atoms with Gasteiger partial charge in [0.15, 0.2) is 0 Å². The molecule has 0 spiro atoms. The van der Waals surface area contributed by atoms with Crippen molar-refractivity contribution in [2.75, 3.05) is 26.2 Å². The summed E-state index contributed by atoms with van der Waals surface area (Å²) in [4.78, 5) is 14.6. The molecule has 4 heteroatoms. The van der Waals surface area contributed by atoms with Gasteiger partial charge >= 0.3 is 0 Å². The van der Waals surface area contributed by atoms with Crippen molar-refractivity contribution < 1.29 is 9.53 Å². The Hall–Kier alpha value is -0.610. The van der Waals surface area contributed by atoms with Gasteiger partial charge < -0.3 is 15.0 Å². The molecule has 98 valence electrons. The SMILES string of the molecule is CCC1COC(C)CN1C(=O)C1CNCC1C. The lowest BCUT2D eigenvalue weighted by Gasteiger charge is -2.40. The van der Waals surface area contributed by atoms with Gasteiger partial charge in [0.2, 0.25) is 5.91 Å². The molecule has 0 aromatic heterocycles. The van der Waals surface area contributed by atoms with E-state index in [0.29, 0.717) is 18.4 Å². The van der Waals surface area contributed by atoms with E-state index < -0.39 is 0 Å². The van der Waals surface area contributed by atoms with Crippen LogP contribution in [0.25, 0.3) is 0 Å². The predicted molar refractivity (Wildman–Crippen MR) is 66.7 cm³/mol. The lowest BCUT2D eigenvalue weighted by molar-refractivity contribution is -0.149. The van der Waals surface area contributed by atoms with E-state index in [1.54, 1.807) is 0 Å². The van der Waals surface area contributed by atoms with Gasteiger partial charge in [-0.05, 0) is 25.8 Å². The Morgan fingerprint density at radius 3 is 2.76 bits per heavy atom. The van der Waals surface area contributed by atoms with Crippen LogP contribution in [0.4, 0.5) is 0 Å². The molecule has 2 aliphatic rings. The second kappa shape index (κ2) is 5.36. The third-order valence-corrected chi connectivity index (χ3v) is 4.06. The van der Waals surface area contributed by atoms with Crippen molar-refractivity contribution >= 4 is 5.91 Å². The monoisotopic (exact) mass is 240 g/mol. The van der Waals surface area contributed by atoms with Crippen molar-refractivity contribution in [2.24, 2.45) is 11.8 Å². The minimum atomic E-state index is 0.161. The van der Waals surface area contributed by atoms with Gasteiger partial charge in [0.1, 0.15) is 0 Å². The zero-order valence-corrected chi connectivity index (χ0v) is 11.1. The smallest absolute Gasteiger partial charge is 0.227 e. The van der Waals surface area contributed by atoms with Gasteiger partial charge in [0.25, 0.3) is 0 Å². The van der Waals surface area contributed by atoms with Gasteiger partial charge in [0, 0.05) is 13.1 Å². The molecule has 0 radical (unpaired) electrons. The van der Waals surface area contributed by atoms with Crippen molar-refractivity contribution in [1.29, 1.82) is 0 Å². The molecule has 4 unspecified atom stereocenters. The molecule has 17 heavy (non-hydrogen) atoms. The quantitative estimate of drug-likeness (QED) is 0.778. The first kappa shape index (κ1) is 12.8. The normalized spacial score (nSPS) is 38.4. The first-order valence-corrected chi connectivity index (χ1v) is 6.76. The van der Waals surface area contributed by atoms with Crippen LogP contribution in [-0.2, 0) is 9.53 Å². The number of hydrogen-bond donors (Lipinski definition) is 1. The molecule has 0 aromatic rings. The lowest BCUT2D eigenvalue weighted by Crippen LogP contribution is -2.53. The van der Waals surface area contributed by atoms with Gasteiger partial charge in [0.05, 0.1) is 24.7 Å². The highest BCUT2D eigenvalue weighted by molar-refractivity contribution is 5.80. The third kappa shape index (κ3) is 2.63. The van der Waals surface area contributed by atoms with E-state index >= 15 is 0 Å². The molecule has 2 saturated heterocycles. The van der Waals surface area contributed by atoms with Crippen LogP contribution in [0.15, 0.2) is 0 Å². The van der Waals surface area contributed by atoms with Crippen LogP contribution >= 0.6 is 0 Å². The summed E-state index contributed by atoms with van der Waals surface area (Å²) in [6.45, 7) is 9.57. The summed E-state index contributed by atoms with van der Waals surface area (Å²) in [5.41, 5.74) is 0. The molecule has 4 nitrogen and oxygen atoms in total. The van der Waals surface area contributed by atoms with Crippen LogP contribution in [-0.4, -0.2) is 49.2 Å². The number of ether oxygens (including phenoxy) is 1. The molecular formula is C13H24N2O2. The van der Waals surface area contributed by atoms with Crippen molar-refractivity contribution in [3.63, 3.8) is 0 Å². The summed E-state index contributed by atoms with van der Waals surface area (Å²) in [5, 5.41) is 3.31. The highest BCUT2D eigenvalue weighted by atomic mass is 16.5. The third-order valence-electron chi connectivity index (χ3n) is 4.06. The van der Waals surface area contributed by atoms with Crippen LogP contribution in [0, 0.1) is 11.8 Å². The van der Waals surface area contributed by atoms with Gasteiger partial charge in [-0.2, -0.15) is 0 Å². The molecule has 2 fully saturated rings. The molecule has 0 aliphatic carbocycles. The number of morpholine rings is 1. The van der Waals surface area contributed by atoms with Crippen LogP contribution in [0.5, 0.6) is 0 Å². The van der Waals surface area contributed by atoms with E-state index in [2.05, 4.69) is 24.1 Å². The largest absolute Gasteiger partial charge is 0.375 e. The number of amides is 1. The van der Waals surface area contributed by atoms with Crippen LogP contribution in [0.2, 0.25) is 0 Å². The molecular weight excluding hydrogens is 216 g/mol. The van der Waals surface area contributed by atoms with Gasteiger partial charge in [-0.1, -0.05) is 13.8 Å². The summed E-state index contributed by atoms with van der Waals surface area (Å²) in [5.74, 6) is 0.942. The topological polar surface area (TPSA) is 41.6 Å². The molecule has 0 bridgehead atoms. The highest BCUT2D eigenvalue weighted by Gasteiger charge is 2.37. The first-order chi connectivity index (χ1) is 8.13. The first-order valence-electron chi connectivity index (χ1n) is 6.76. The van der Waals surface area contributed by atoms with Gasteiger partial charge in [-0.3, -0.25) is 4.79 Å². The average Bonchev–Trinajstić information content (AvgIpc) is 2.74. The fourth-order valence-corrected chi connectivity index (χ4v) is 2.81. The van der Waals surface area contributed by atoms with Crippen LogP contribution in [0.3, 0.4) is 0 Å². The summed E-state index contributed by atoms with van der Waals surface area (Å²) in [6, 6.07) is 0.270. The number of carbonyl (C=O) groups is 1. The van der Waals surface area contributed by atoms with Crippen LogP contribution < -0.4 is 5.32 Å². The number of carbonyl (C=O) groups excluding carboxylic acids is 1. The number of rotatable bonds is 2. The summed E-state index contributed by atoms with van der Waals surface area (Å²) in [7, 11) is 0. The fourth-order valence-electron chi connectivity index (χ4n) is 2.81. The Morgan fingerprint density at radius 2 is 2.18 bits per heavy atom. The van der Waals surface area contributed by atoms with Crippen molar-refractivity contribution in [2.45, 2.75) is 39.3 Å². The molecule has 1 N–H and O–H groups in total. The second-order valence-electron chi connectivity index (χ2n) is 5.44. The molecule has 2 aliphatic heterocycles. The maximum Gasteiger partial charge on any atom is 0.227 e. The van der Waals surface area contributed by atoms with Crippen molar-refractivity contribution in [3.05, 3.63) is 0 Å². The van der Waals surface area contributed by atoms with Crippen molar-refractivity contribution in [3.8, 4) is 0 Å². The molecule has 4 atom stereocenters. The van der Waals surface area contributed by atoms with E-state index in [4.69, 9.17) is 4.74 Å². The lowest BCUT2D eigenvalue weighted by atomic mass is 9.95. The molecule has 0 saturated carbocycles. The number of hydrogen-bond acceptors (Lipinski definition) is 3. The number of nitrogens with zero attached hydrogens (tertiary/aromatic N) is 1. The molecule has 2 rings (SSSR count). The minimum absolute atomic E-state index is 0.161. The number of nitrogens with one attached hydrogen (secondary N) is 1. The minimum Gasteiger partial charge on any atom is -0.375 e. The predicted octanol–water partition coefficient (Wildman–Crippen LogP) is 0.868. The van der Waals surface area contributed by atoms with E-state index in [9.17, 15) is 4.79 Å². The van der Waals surface area contributed by atoms with E-state index in [1.807, 2.05) is 6.92 Å².